The van der Waals surface area contributed by atoms with E-state index in [1.54, 1.807) is 25.1 Å². The molecule has 0 spiro atoms. The van der Waals surface area contributed by atoms with Crippen LogP contribution >= 0.6 is 0 Å². The molecule has 0 atom stereocenters. The minimum atomic E-state index is -3.84. The number of carboxylic acid groups (broad SMARTS) is 1. The first-order valence-electron chi connectivity index (χ1n) is 5.03. The molecular weight excluding hydrogens is 256 g/mol. The average molecular weight is 266 g/mol. The van der Waals surface area contributed by atoms with Crippen LogP contribution < -0.4 is 0 Å². The number of benzene rings is 1. The summed E-state index contributed by atoms with van der Waals surface area (Å²) in [6, 6.07) is 7.57. The van der Waals surface area contributed by atoms with Crippen molar-refractivity contribution in [2.75, 3.05) is 0 Å². The van der Waals surface area contributed by atoms with Gasteiger partial charge in [-0.2, -0.15) is 17.6 Å². The fourth-order valence-corrected chi connectivity index (χ4v) is 2.85. The van der Waals surface area contributed by atoms with Crippen LogP contribution in [-0.4, -0.2) is 28.7 Å². The van der Waals surface area contributed by atoms with Gasteiger partial charge < -0.3 is 5.11 Å². The summed E-state index contributed by atoms with van der Waals surface area (Å²) in [6.07, 6.45) is 1.12. The molecule has 0 bridgehead atoms. The lowest BCUT2D eigenvalue weighted by Crippen LogP contribution is -2.15. The molecule has 18 heavy (non-hydrogen) atoms. The first-order chi connectivity index (χ1) is 8.43. The van der Waals surface area contributed by atoms with Crippen LogP contribution in [0.5, 0.6) is 0 Å². The maximum Gasteiger partial charge on any atom is 0.356 e. The van der Waals surface area contributed by atoms with E-state index in [2.05, 4.69) is 5.10 Å². The second-order valence-electron chi connectivity index (χ2n) is 3.65. The molecule has 94 valence electrons. The Morgan fingerprint density at radius 2 is 1.94 bits per heavy atom. The van der Waals surface area contributed by atoms with Crippen LogP contribution in [0.4, 0.5) is 0 Å². The van der Waals surface area contributed by atoms with Crippen molar-refractivity contribution in [1.82, 2.24) is 9.19 Å². The average Bonchev–Trinajstić information content (AvgIpc) is 2.79. The summed E-state index contributed by atoms with van der Waals surface area (Å²) in [5, 5.41) is 12.2. The number of hydrogen-bond donors (Lipinski definition) is 1. The van der Waals surface area contributed by atoms with E-state index in [4.69, 9.17) is 5.11 Å². The van der Waals surface area contributed by atoms with Gasteiger partial charge in [-0.05, 0) is 24.6 Å². The largest absolute Gasteiger partial charge is 0.476 e. The fourth-order valence-electron chi connectivity index (χ4n) is 1.50. The van der Waals surface area contributed by atoms with E-state index in [9.17, 15) is 13.2 Å². The molecule has 0 aliphatic heterocycles. The van der Waals surface area contributed by atoms with Gasteiger partial charge in [-0.3, -0.25) is 0 Å². The van der Waals surface area contributed by atoms with Crippen molar-refractivity contribution in [3.63, 3.8) is 0 Å². The predicted octanol–water partition coefficient (Wildman–Crippen LogP) is 1.13. The lowest BCUT2D eigenvalue weighted by molar-refractivity contribution is 0.0690. The Bertz CT molecular complexity index is 703. The molecule has 0 aliphatic carbocycles. The summed E-state index contributed by atoms with van der Waals surface area (Å²) >= 11 is 0. The van der Waals surface area contributed by atoms with Crippen molar-refractivity contribution in [2.45, 2.75) is 11.8 Å². The molecule has 1 aromatic carbocycles. The molecule has 0 radical (unpaired) electrons. The topological polar surface area (TPSA) is 89.3 Å². The Balaban J connectivity index is 2.55. The number of carbonyl (C=O) groups is 1. The van der Waals surface area contributed by atoms with Gasteiger partial charge in [-0.15, -0.1) is 0 Å². The summed E-state index contributed by atoms with van der Waals surface area (Å²) in [5.41, 5.74) is 0.261. The summed E-state index contributed by atoms with van der Waals surface area (Å²) < 4.78 is 25.1. The fraction of sp³-hybridized carbons (Fsp3) is 0.0909. The van der Waals surface area contributed by atoms with E-state index in [1.807, 2.05) is 0 Å². The number of aryl methyl sites for hydroxylation is 1. The van der Waals surface area contributed by atoms with Crippen LogP contribution in [0.15, 0.2) is 41.4 Å². The van der Waals surface area contributed by atoms with Crippen molar-refractivity contribution in [2.24, 2.45) is 0 Å². The predicted molar refractivity (Wildman–Crippen MR) is 62.9 cm³/mol. The molecule has 0 saturated carbocycles. The Hall–Kier alpha value is -2.15. The number of carboxylic acids is 1. The van der Waals surface area contributed by atoms with Crippen molar-refractivity contribution in [3.05, 3.63) is 47.8 Å². The van der Waals surface area contributed by atoms with Gasteiger partial charge in [0.2, 0.25) is 0 Å². The number of aromatic carboxylic acids is 1. The Morgan fingerprint density at radius 1 is 1.28 bits per heavy atom. The van der Waals surface area contributed by atoms with Crippen LogP contribution in [0.3, 0.4) is 0 Å². The molecule has 0 fully saturated rings. The zero-order chi connectivity index (χ0) is 13.3. The highest BCUT2D eigenvalue weighted by atomic mass is 32.2. The molecular formula is C11H10N2O4S. The number of hydrogen-bond acceptors (Lipinski definition) is 4. The molecule has 2 rings (SSSR count). The molecule has 6 nitrogen and oxygen atoms in total. The standard InChI is InChI=1S/C11H10N2O4S/c1-8-4-2-3-5-10(8)18(16,17)13-7-6-9(12-13)11(14)15/h2-7H,1H3,(H,14,15). The molecule has 1 heterocycles. The zero-order valence-corrected chi connectivity index (χ0v) is 10.3. The minimum Gasteiger partial charge on any atom is -0.476 e. The second-order valence-corrected chi connectivity index (χ2v) is 5.41. The van der Waals surface area contributed by atoms with E-state index in [-0.39, 0.29) is 10.6 Å². The molecule has 1 N–H and O–H groups in total. The van der Waals surface area contributed by atoms with Gasteiger partial charge >= 0.3 is 5.97 Å². The monoisotopic (exact) mass is 266 g/mol. The van der Waals surface area contributed by atoms with Crippen LogP contribution in [0.25, 0.3) is 0 Å². The van der Waals surface area contributed by atoms with Gasteiger partial charge in [0.05, 0.1) is 4.90 Å². The molecule has 2 aromatic rings. The normalized spacial score (nSPS) is 11.4. The van der Waals surface area contributed by atoms with Crippen LogP contribution in [-0.2, 0) is 10.0 Å². The molecule has 1 aromatic heterocycles. The van der Waals surface area contributed by atoms with Gasteiger partial charge in [0.15, 0.2) is 5.69 Å². The molecule has 0 unspecified atom stereocenters. The molecule has 0 aliphatic rings. The highest BCUT2D eigenvalue weighted by Crippen LogP contribution is 2.17. The Kier molecular flexibility index (Phi) is 2.92. The highest BCUT2D eigenvalue weighted by Gasteiger charge is 2.21. The van der Waals surface area contributed by atoms with Crippen molar-refractivity contribution >= 4 is 16.0 Å². The van der Waals surface area contributed by atoms with E-state index >= 15 is 0 Å². The maximum atomic E-state index is 12.2. The first kappa shape index (κ1) is 12.3. The van der Waals surface area contributed by atoms with Gasteiger partial charge in [-0.25, -0.2) is 4.79 Å². The van der Waals surface area contributed by atoms with Crippen molar-refractivity contribution < 1.29 is 18.3 Å². The second kappa shape index (κ2) is 4.26. The van der Waals surface area contributed by atoms with Gasteiger partial charge in [-0.1, -0.05) is 18.2 Å². The lowest BCUT2D eigenvalue weighted by atomic mass is 10.2. The number of rotatable bonds is 3. The smallest absolute Gasteiger partial charge is 0.356 e. The van der Waals surface area contributed by atoms with Crippen LogP contribution in [0, 0.1) is 6.92 Å². The first-order valence-corrected chi connectivity index (χ1v) is 6.47. The van der Waals surface area contributed by atoms with Crippen LogP contribution in [0.2, 0.25) is 0 Å². The summed E-state index contributed by atoms with van der Waals surface area (Å²) in [6.45, 7) is 1.66. The number of aromatic nitrogens is 2. The minimum absolute atomic E-state index is 0.102. The van der Waals surface area contributed by atoms with Crippen LogP contribution in [0.1, 0.15) is 16.1 Å². The SMILES string of the molecule is Cc1ccccc1S(=O)(=O)n1ccc(C(=O)O)n1. The number of nitrogens with zero attached hydrogens (tertiary/aromatic N) is 2. The van der Waals surface area contributed by atoms with E-state index in [0.717, 1.165) is 12.3 Å². The molecule has 0 amide bonds. The quantitative estimate of drug-likeness (QED) is 0.899. The summed E-state index contributed by atoms with van der Waals surface area (Å²) in [5.74, 6) is -1.27. The van der Waals surface area contributed by atoms with Gasteiger partial charge in [0.1, 0.15) is 0 Å². The van der Waals surface area contributed by atoms with Gasteiger partial charge in [0, 0.05) is 6.20 Å². The zero-order valence-electron chi connectivity index (χ0n) is 9.44. The summed E-state index contributed by atoms with van der Waals surface area (Å²) in [7, 11) is -3.84. The van der Waals surface area contributed by atoms with Gasteiger partial charge in [0.25, 0.3) is 10.0 Å². The highest BCUT2D eigenvalue weighted by molar-refractivity contribution is 7.89. The molecule has 7 heteroatoms. The van der Waals surface area contributed by atoms with Crippen molar-refractivity contribution in [3.8, 4) is 0 Å². The lowest BCUT2D eigenvalue weighted by Gasteiger charge is -2.06. The summed E-state index contributed by atoms with van der Waals surface area (Å²) in [4.78, 5) is 10.8. The Labute approximate surface area is 104 Å². The van der Waals surface area contributed by atoms with E-state index in [0.29, 0.717) is 9.65 Å². The third kappa shape index (κ3) is 2.00. The van der Waals surface area contributed by atoms with E-state index < -0.39 is 16.0 Å². The third-order valence-electron chi connectivity index (χ3n) is 2.40. The third-order valence-corrected chi connectivity index (χ3v) is 4.11. The maximum absolute atomic E-state index is 12.2. The Morgan fingerprint density at radius 3 is 2.50 bits per heavy atom. The van der Waals surface area contributed by atoms with Crippen molar-refractivity contribution in [1.29, 1.82) is 0 Å². The molecule has 0 saturated heterocycles. The van der Waals surface area contributed by atoms with E-state index in [1.165, 1.54) is 6.07 Å².